The van der Waals surface area contributed by atoms with Crippen LogP contribution in [0, 0.1) is 11.3 Å². The van der Waals surface area contributed by atoms with Crippen LogP contribution in [0.2, 0.25) is 0 Å². The van der Waals surface area contributed by atoms with Crippen molar-refractivity contribution in [2.45, 2.75) is 6.42 Å². The predicted molar refractivity (Wildman–Crippen MR) is 112 cm³/mol. The Morgan fingerprint density at radius 2 is 1.74 bits per heavy atom. The Morgan fingerprint density at radius 1 is 1.00 bits per heavy atom. The van der Waals surface area contributed by atoms with Gasteiger partial charge in [0.2, 0.25) is 0 Å². The lowest BCUT2D eigenvalue weighted by Gasteiger charge is -2.21. The molecule has 0 saturated carbocycles. The van der Waals surface area contributed by atoms with E-state index >= 15 is 0 Å². The fourth-order valence-corrected chi connectivity index (χ4v) is 2.75. The molecular formula is C23H19N3O5. The molecule has 8 nitrogen and oxygen atoms in total. The summed E-state index contributed by atoms with van der Waals surface area (Å²) in [5.41, 5.74) is 1.32. The van der Waals surface area contributed by atoms with Gasteiger partial charge in [-0.05, 0) is 48.5 Å². The third-order valence-electron chi connectivity index (χ3n) is 4.27. The normalized spacial score (nSPS) is 10.0. The van der Waals surface area contributed by atoms with Crippen molar-refractivity contribution in [1.29, 1.82) is 5.26 Å². The molecule has 0 radical (unpaired) electrons. The Kier molecular flexibility index (Phi) is 7.16. The van der Waals surface area contributed by atoms with Crippen LogP contribution >= 0.6 is 0 Å². The standard InChI is InChI=1S/C23H19N3O5/c24-13-5-14-26(19-6-2-1-3-7-19)21(27)16-31-23(29)17-9-11-18(12-10-17)25-22(28)20-8-4-15-30-20/h1-4,6-12,15H,5,14,16H2,(H,25,28). The summed E-state index contributed by atoms with van der Waals surface area (Å²) in [6.45, 7) is -0.267. The Hall–Kier alpha value is -4.38. The molecule has 2 amide bonds. The number of nitrogens with zero attached hydrogens (tertiary/aromatic N) is 2. The summed E-state index contributed by atoms with van der Waals surface area (Å²) in [5, 5.41) is 11.5. The van der Waals surface area contributed by atoms with Gasteiger partial charge in [0, 0.05) is 17.9 Å². The molecule has 1 N–H and O–H groups in total. The van der Waals surface area contributed by atoms with Gasteiger partial charge in [-0.25, -0.2) is 4.79 Å². The van der Waals surface area contributed by atoms with E-state index < -0.39 is 24.4 Å². The molecule has 0 unspecified atom stereocenters. The van der Waals surface area contributed by atoms with Crippen LogP contribution in [0.4, 0.5) is 11.4 Å². The number of furan rings is 1. The highest BCUT2D eigenvalue weighted by Crippen LogP contribution is 2.15. The van der Waals surface area contributed by atoms with Crippen LogP contribution < -0.4 is 10.2 Å². The number of para-hydroxylation sites is 1. The number of ether oxygens (including phenoxy) is 1. The number of rotatable bonds is 8. The molecule has 0 aliphatic carbocycles. The van der Waals surface area contributed by atoms with Gasteiger partial charge >= 0.3 is 5.97 Å². The highest BCUT2D eigenvalue weighted by molar-refractivity contribution is 6.02. The minimum absolute atomic E-state index is 0.153. The Balaban J connectivity index is 1.57. The van der Waals surface area contributed by atoms with Crippen LogP contribution in [-0.2, 0) is 9.53 Å². The number of anilines is 2. The van der Waals surface area contributed by atoms with Crippen molar-refractivity contribution in [3.63, 3.8) is 0 Å². The smallest absolute Gasteiger partial charge is 0.338 e. The molecule has 8 heteroatoms. The third kappa shape index (κ3) is 5.81. The molecule has 3 rings (SSSR count). The van der Waals surface area contributed by atoms with E-state index in [1.54, 1.807) is 42.5 Å². The molecule has 0 saturated heterocycles. The zero-order chi connectivity index (χ0) is 22.1. The Morgan fingerprint density at radius 3 is 2.39 bits per heavy atom. The van der Waals surface area contributed by atoms with Crippen LogP contribution in [-0.4, -0.2) is 30.9 Å². The molecule has 0 spiro atoms. The van der Waals surface area contributed by atoms with E-state index in [-0.39, 0.29) is 24.3 Å². The van der Waals surface area contributed by atoms with Gasteiger partial charge in [-0.1, -0.05) is 18.2 Å². The number of nitriles is 1. The van der Waals surface area contributed by atoms with E-state index in [4.69, 9.17) is 14.4 Å². The van der Waals surface area contributed by atoms with Crippen LogP contribution in [0.1, 0.15) is 27.3 Å². The van der Waals surface area contributed by atoms with Gasteiger partial charge in [-0.15, -0.1) is 0 Å². The molecule has 2 aromatic carbocycles. The molecule has 0 fully saturated rings. The minimum Gasteiger partial charge on any atom is -0.459 e. The summed E-state index contributed by atoms with van der Waals surface area (Å²) in [7, 11) is 0. The monoisotopic (exact) mass is 417 g/mol. The maximum absolute atomic E-state index is 12.6. The van der Waals surface area contributed by atoms with E-state index in [0.717, 1.165) is 0 Å². The summed E-state index contributed by atoms with van der Waals surface area (Å²) in [5.74, 6) is -1.35. The average Bonchev–Trinajstić information content (AvgIpc) is 3.34. The summed E-state index contributed by atoms with van der Waals surface area (Å²) in [4.78, 5) is 38.2. The molecule has 0 bridgehead atoms. The Labute approximate surface area is 178 Å². The van der Waals surface area contributed by atoms with Gasteiger partial charge in [0.05, 0.1) is 24.3 Å². The highest BCUT2D eigenvalue weighted by Gasteiger charge is 2.18. The van der Waals surface area contributed by atoms with Crippen LogP contribution in [0.5, 0.6) is 0 Å². The third-order valence-corrected chi connectivity index (χ3v) is 4.27. The number of nitrogens with one attached hydrogen (secondary N) is 1. The van der Waals surface area contributed by atoms with E-state index in [1.807, 2.05) is 12.1 Å². The number of hydrogen-bond donors (Lipinski definition) is 1. The quantitative estimate of drug-likeness (QED) is 0.560. The number of benzene rings is 2. The van der Waals surface area contributed by atoms with Gasteiger partial charge in [-0.3, -0.25) is 9.59 Å². The molecular weight excluding hydrogens is 398 g/mol. The molecule has 0 aliphatic heterocycles. The minimum atomic E-state index is -0.675. The van der Waals surface area contributed by atoms with E-state index in [2.05, 4.69) is 5.32 Å². The number of carbonyl (C=O) groups excluding carboxylic acids is 3. The zero-order valence-electron chi connectivity index (χ0n) is 16.5. The van der Waals surface area contributed by atoms with Crippen molar-refractivity contribution < 1.29 is 23.5 Å². The summed E-state index contributed by atoms with van der Waals surface area (Å²) >= 11 is 0. The molecule has 1 heterocycles. The maximum atomic E-state index is 12.6. The van der Waals surface area contributed by atoms with Gasteiger partial charge in [0.15, 0.2) is 12.4 Å². The van der Waals surface area contributed by atoms with Crippen molar-refractivity contribution in [3.8, 4) is 6.07 Å². The van der Waals surface area contributed by atoms with Gasteiger partial charge < -0.3 is 19.4 Å². The first kappa shape index (κ1) is 21.3. The van der Waals surface area contributed by atoms with Crippen molar-refractivity contribution in [1.82, 2.24) is 0 Å². The molecule has 31 heavy (non-hydrogen) atoms. The largest absolute Gasteiger partial charge is 0.459 e. The fourth-order valence-electron chi connectivity index (χ4n) is 2.75. The first-order chi connectivity index (χ1) is 15.1. The lowest BCUT2D eigenvalue weighted by atomic mass is 10.2. The highest BCUT2D eigenvalue weighted by atomic mass is 16.5. The predicted octanol–water partition coefficient (Wildman–Crippen LogP) is 3.64. The summed E-state index contributed by atoms with van der Waals surface area (Å²) in [6.07, 6.45) is 1.55. The maximum Gasteiger partial charge on any atom is 0.338 e. The number of esters is 1. The lowest BCUT2D eigenvalue weighted by molar-refractivity contribution is -0.121. The van der Waals surface area contributed by atoms with Crippen LogP contribution in [0.25, 0.3) is 0 Å². The molecule has 1 aromatic heterocycles. The first-order valence-corrected chi connectivity index (χ1v) is 9.43. The van der Waals surface area contributed by atoms with Crippen molar-refractivity contribution in [3.05, 3.63) is 84.3 Å². The van der Waals surface area contributed by atoms with Gasteiger partial charge in [0.25, 0.3) is 11.8 Å². The SMILES string of the molecule is N#CCCN(C(=O)COC(=O)c1ccc(NC(=O)c2ccco2)cc1)c1ccccc1. The van der Waals surface area contributed by atoms with Crippen molar-refractivity contribution in [2.75, 3.05) is 23.4 Å². The average molecular weight is 417 g/mol. The topological polar surface area (TPSA) is 113 Å². The van der Waals surface area contributed by atoms with Crippen LogP contribution in [0.3, 0.4) is 0 Å². The van der Waals surface area contributed by atoms with Gasteiger partial charge in [0.1, 0.15) is 0 Å². The molecule has 156 valence electrons. The van der Waals surface area contributed by atoms with E-state index in [0.29, 0.717) is 11.4 Å². The number of hydrogen-bond acceptors (Lipinski definition) is 6. The summed E-state index contributed by atoms with van der Waals surface area (Å²) in [6, 6.07) is 20.1. The second-order valence-corrected chi connectivity index (χ2v) is 6.37. The van der Waals surface area contributed by atoms with Crippen LogP contribution in [0.15, 0.2) is 77.4 Å². The number of amides is 2. The van der Waals surface area contributed by atoms with Crippen molar-refractivity contribution >= 4 is 29.2 Å². The molecule has 0 atom stereocenters. The second kappa shape index (κ2) is 10.4. The van der Waals surface area contributed by atoms with E-state index in [9.17, 15) is 14.4 Å². The first-order valence-electron chi connectivity index (χ1n) is 9.43. The zero-order valence-corrected chi connectivity index (χ0v) is 16.5. The lowest BCUT2D eigenvalue weighted by Crippen LogP contribution is -2.35. The molecule has 0 aliphatic rings. The van der Waals surface area contributed by atoms with Crippen molar-refractivity contribution in [2.24, 2.45) is 0 Å². The summed E-state index contributed by atoms with van der Waals surface area (Å²) < 4.78 is 10.2. The second-order valence-electron chi connectivity index (χ2n) is 6.37. The molecule has 3 aromatic rings. The number of carbonyl (C=O) groups is 3. The van der Waals surface area contributed by atoms with Gasteiger partial charge in [-0.2, -0.15) is 5.26 Å². The fraction of sp³-hybridized carbons (Fsp3) is 0.130. The Bertz CT molecular complexity index is 1070. The van der Waals surface area contributed by atoms with E-state index in [1.165, 1.54) is 29.4 Å².